The average molecular weight is 214 g/mol. The minimum absolute atomic E-state index is 0.107. The van der Waals surface area contributed by atoms with Gasteiger partial charge < -0.3 is 14.4 Å². The van der Waals surface area contributed by atoms with Crippen molar-refractivity contribution >= 4 is 0 Å². The Bertz CT molecular complexity index is 174. The predicted octanol–water partition coefficient (Wildman–Crippen LogP) is 1.62. The molecule has 0 aliphatic rings. The summed E-state index contributed by atoms with van der Waals surface area (Å²) in [5.74, 6) is 0. The Morgan fingerprint density at radius 1 is 1.20 bits per heavy atom. The van der Waals surface area contributed by atoms with Crippen molar-refractivity contribution in [2.45, 2.75) is 33.0 Å². The van der Waals surface area contributed by atoms with Gasteiger partial charge in [0.05, 0.1) is 6.07 Å². The SMILES string of the molecule is CCOC(CCN(C)CCC#N)OCC. The molecular formula is C11H22N2O2. The van der Waals surface area contributed by atoms with Crippen LogP contribution in [0.25, 0.3) is 0 Å². The molecule has 0 amide bonds. The molecule has 0 atom stereocenters. The minimum Gasteiger partial charge on any atom is -0.353 e. The van der Waals surface area contributed by atoms with E-state index in [1.165, 1.54) is 0 Å². The van der Waals surface area contributed by atoms with E-state index in [-0.39, 0.29) is 6.29 Å². The summed E-state index contributed by atoms with van der Waals surface area (Å²) in [6.45, 7) is 6.98. The molecule has 0 radical (unpaired) electrons. The molecule has 0 saturated carbocycles. The maximum absolute atomic E-state index is 8.43. The fourth-order valence-corrected chi connectivity index (χ4v) is 1.27. The molecule has 88 valence electrons. The molecule has 0 aromatic heterocycles. The quantitative estimate of drug-likeness (QED) is 0.547. The first-order valence-electron chi connectivity index (χ1n) is 5.53. The van der Waals surface area contributed by atoms with Crippen LogP contribution >= 0.6 is 0 Å². The zero-order valence-electron chi connectivity index (χ0n) is 10.0. The Balaban J connectivity index is 3.63. The monoisotopic (exact) mass is 214 g/mol. The molecule has 0 bridgehead atoms. The maximum atomic E-state index is 8.43. The average Bonchev–Trinajstić information content (AvgIpc) is 2.23. The molecule has 0 fully saturated rings. The molecule has 0 aromatic rings. The van der Waals surface area contributed by atoms with Gasteiger partial charge in [0.1, 0.15) is 0 Å². The number of ether oxygens (including phenoxy) is 2. The Morgan fingerprint density at radius 3 is 2.27 bits per heavy atom. The Hall–Kier alpha value is -0.630. The molecule has 0 heterocycles. The first kappa shape index (κ1) is 14.4. The van der Waals surface area contributed by atoms with E-state index in [0.29, 0.717) is 19.6 Å². The number of nitriles is 1. The van der Waals surface area contributed by atoms with Gasteiger partial charge in [0.2, 0.25) is 0 Å². The van der Waals surface area contributed by atoms with Crippen molar-refractivity contribution in [2.24, 2.45) is 0 Å². The van der Waals surface area contributed by atoms with Gasteiger partial charge in [-0.05, 0) is 20.9 Å². The van der Waals surface area contributed by atoms with E-state index in [2.05, 4.69) is 11.0 Å². The molecule has 0 saturated heterocycles. The number of hydrogen-bond donors (Lipinski definition) is 0. The van der Waals surface area contributed by atoms with Crippen molar-refractivity contribution in [1.29, 1.82) is 5.26 Å². The minimum atomic E-state index is -0.107. The molecule has 0 aromatic carbocycles. The summed E-state index contributed by atoms with van der Waals surface area (Å²) in [6.07, 6.45) is 1.32. The van der Waals surface area contributed by atoms with Crippen LogP contribution in [0.5, 0.6) is 0 Å². The van der Waals surface area contributed by atoms with Crippen LogP contribution in [-0.2, 0) is 9.47 Å². The van der Waals surface area contributed by atoms with Gasteiger partial charge in [-0.1, -0.05) is 0 Å². The fourth-order valence-electron chi connectivity index (χ4n) is 1.27. The Kier molecular flexibility index (Phi) is 9.49. The van der Waals surface area contributed by atoms with E-state index in [4.69, 9.17) is 14.7 Å². The van der Waals surface area contributed by atoms with Gasteiger partial charge in [-0.3, -0.25) is 0 Å². The summed E-state index contributed by atoms with van der Waals surface area (Å²) in [7, 11) is 2.01. The standard InChI is InChI=1S/C11H22N2O2/c1-4-14-11(15-5-2)7-10-13(3)9-6-8-12/h11H,4-7,9-10H2,1-3H3. The summed E-state index contributed by atoms with van der Waals surface area (Å²) in [5, 5.41) is 8.43. The van der Waals surface area contributed by atoms with Gasteiger partial charge in [-0.2, -0.15) is 5.26 Å². The van der Waals surface area contributed by atoms with Crippen LogP contribution in [0, 0.1) is 11.3 Å². The van der Waals surface area contributed by atoms with Crippen molar-refractivity contribution < 1.29 is 9.47 Å². The molecule has 4 nitrogen and oxygen atoms in total. The first-order chi connectivity index (χ1) is 7.24. The molecule has 0 aliphatic carbocycles. The lowest BCUT2D eigenvalue weighted by atomic mass is 10.3. The number of nitrogens with zero attached hydrogens (tertiary/aromatic N) is 2. The lowest BCUT2D eigenvalue weighted by Crippen LogP contribution is -2.27. The summed E-state index contributed by atoms with van der Waals surface area (Å²) in [6, 6.07) is 2.13. The first-order valence-corrected chi connectivity index (χ1v) is 5.53. The van der Waals surface area contributed by atoms with Crippen LogP contribution in [0.2, 0.25) is 0 Å². The summed E-state index contributed by atoms with van der Waals surface area (Å²) < 4.78 is 10.8. The number of rotatable bonds is 9. The van der Waals surface area contributed by atoms with E-state index in [1.54, 1.807) is 0 Å². The van der Waals surface area contributed by atoms with E-state index in [9.17, 15) is 0 Å². The molecule has 0 aliphatic heterocycles. The second-order valence-corrected chi connectivity index (χ2v) is 3.34. The Labute approximate surface area is 92.8 Å². The highest BCUT2D eigenvalue weighted by Gasteiger charge is 2.08. The third-order valence-electron chi connectivity index (χ3n) is 2.06. The topological polar surface area (TPSA) is 45.5 Å². The van der Waals surface area contributed by atoms with Crippen LogP contribution < -0.4 is 0 Å². The maximum Gasteiger partial charge on any atom is 0.158 e. The fraction of sp³-hybridized carbons (Fsp3) is 0.909. The van der Waals surface area contributed by atoms with Crippen LogP contribution in [-0.4, -0.2) is 44.5 Å². The van der Waals surface area contributed by atoms with Crippen molar-refractivity contribution in [2.75, 3.05) is 33.4 Å². The van der Waals surface area contributed by atoms with Gasteiger partial charge in [0.15, 0.2) is 6.29 Å². The van der Waals surface area contributed by atoms with Crippen LogP contribution in [0.15, 0.2) is 0 Å². The zero-order valence-corrected chi connectivity index (χ0v) is 10.0. The zero-order chi connectivity index (χ0) is 11.5. The van der Waals surface area contributed by atoms with E-state index >= 15 is 0 Å². The Morgan fingerprint density at radius 2 is 1.80 bits per heavy atom. The summed E-state index contributed by atoms with van der Waals surface area (Å²) in [4.78, 5) is 2.12. The number of hydrogen-bond acceptors (Lipinski definition) is 4. The summed E-state index contributed by atoms with van der Waals surface area (Å²) >= 11 is 0. The van der Waals surface area contributed by atoms with Crippen molar-refractivity contribution in [1.82, 2.24) is 4.90 Å². The third-order valence-corrected chi connectivity index (χ3v) is 2.06. The molecule has 0 spiro atoms. The summed E-state index contributed by atoms with van der Waals surface area (Å²) in [5.41, 5.74) is 0. The van der Waals surface area contributed by atoms with Crippen LogP contribution in [0.1, 0.15) is 26.7 Å². The van der Waals surface area contributed by atoms with Crippen LogP contribution in [0.4, 0.5) is 0 Å². The van der Waals surface area contributed by atoms with Crippen molar-refractivity contribution in [3.05, 3.63) is 0 Å². The highest BCUT2D eigenvalue weighted by atomic mass is 16.7. The van der Waals surface area contributed by atoms with Gasteiger partial charge in [0.25, 0.3) is 0 Å². The van der Waals surface area contributed by atoms with E-state index in [1.807, 2.05) is 20.9 Å². The predicted molar refractivity (Wildman–Crippen MR) is 59.4 cm³/mol. The van der Waals surface area contributed by atoms with Gasteiger partial charge in [0, 0.05) is 39.1 Å². The molecule has 0 N–H and O–H groups in total. The van der Waals surface area contributed by atoms with Crippen molar-refractivity contribution in [3.63, 3.8) is 0 Å². The molecule has 0 rings (SSSR count). The van der Waals surface area contributed by atoms with Gasteiger partial charge >= 0.3 is 0 Å². The third kappa shape index (κ3) is 8.37. The molecule has 4 heteroatoms. The lowest BCUT2D eigenvalue weighted by Gasteiger charge is -2.20. The molecule has 0 unspecified atom stereocenters. The van der Waals surface area contributed by atoms with E-state index in [0.717, 1.165) is 19.5 Å². The largest absolute Gasteiger partial charge is 0.353 e. The normalized spacial score (nSPS) is 10.9. The molecule has 15 heavy (non-hydrogen) atoms. The van der Waals surface area contributed by atoms with Gasteiger partial charge in [-0.25, -0.2) is 0 Å². The van der Waals surface area contributed by atoms with Crippen LogP contribution in [0.3, 0.4) is 0 Å². The highest BCUT2D eigenvalue weighted by molar-refractivity contribution is 4.70. The second kappa shape index (κ2) is 9.91. The lowest BCUT2D eigenvalue weighted by molar-refractivity contribution is -0.141. The van der Waals surface area contributed by atoms with Gasteiger partial charge in [-0.15, -0.1) is 0 Å². The second-order valence-electron chi connectivity index (χ2n) is 3.34. The van der Waals surface area contributed by atoms with E-state index < -0.39 is 0 Å². The smallest absolute Gasteiger partial charge is 0.158 e. The highest BCUT2D eigenvalue weighted by Crippen LogP contribution is 2.02. The van der Waals surface area contributed by atoms with Crippen molar-refractivity contribution in [3.8, 4) is 6.07 Å². The molecular weight excluding hydrogens is 192 g/mol.